The molecule has 0 fully saturated rings. The fourth-order valence-electron chi connectivity index (χ4n) is 2.80. The Kier molecular flexibility index (Phi) is 5.30. The molecule has 0 spiro atoms. The van der Waals surface area contributed by atoms with Gasteiger partial charge in [-0.3, -0.25) is 9.48 Å². The van der Waals surface area contributed by atoms with Gasteiger partial charge in [0.15, 0.2) is 11.5 Å². The van der Waals surface area contributed by atoms with Crippen molar-refractivity contribution in [1.82, 2.24) is 9.78 Å². The molecule has 0 radical (unpaired) electrons. The number of hydrogen-bond acceptors (Lipinski definition) is 5. The quantitative estimate of drug-likeness (QED) is 0.653. The molecule has 0 aliphatic carbocycles. The van der Waals surface area contributed by atoms with Crippen LogP contribution < -0.4 is 14.8 Å². The maximum absolute atomic E-state index is 12.3. The average Bonchev–Trinajstić information content (AvgIpc) is 3.05. The van der Waals surface area contributed by atoms with E-state index in [0.29, 0.717) is 23.6 Å². The van der Waals surface area contributed by atoms with Gasteiger partial charge in [-0.25, -0.2) is 0 Å². The summed E-state index contributed by atoms with van der Waals surface area (Å²) in [6.45, 7) is 2.47. The van der Waals surface area contributed by atoms with Gasteiger partial charge in [0.05, 0.1) is 36.5 Å². The number of fused-ring (bicyclic) bond motifs is 1. The Balaban J connectivity index is 1.81. The summed E-state index contributed by atoms with van der Waals surface area (Å²) in [5, 5.41) is 17.8. The zero-order valence-corrected chi connectivity index (χ0v) is 15.4. The Bertz CT molecular complexity index is 1010. The molecular formula is C20H21N3O4. The summed E-state index contributed by atoms with van der Waals surface area (Å²) in [6.07, 6.45) is 4.73. The zero-order valence-electron chi connectivity index (χ0n) is 15.4. The number of benzene rings is 2. The van der Waals surface area contributed by atoms with Gasteiger partial charge >= 0.3 is 0 Å². The van der Waals surface area contributed by atoms with Crippen molar-refractivity contribution in [1.29, 1.82) is 0 Å². The van der Waals surface area contributed by atoms with Gasteiger partial charge in [-0.15, -0.1) is 0 Å². The van der Waals surface area contributed by atoms with Gasteiger partial charge in [0.1, 0.15) is 5.75 Å². The Morgan fingerprint density at radius 2 is 2.07 bits per heavy atom. The number of nitrogens with one attached hydrogen (secondary N) is 1. The van der Waals surface area contributed by atoms with Gasteiger partial charge in [-0.1, -0.05) is 6.07 Å². The predicted molar refractivity (Wildman–Crippen MR) is 104 cm³/mol. The van der Waals surface area contributed by atoms with Crippen LogP contribution in [0.3, 0.4) is 0 Å². The first-order chi connectivity index (χ1) is 13.0. The SMILES string of the molecule is CCOc1ccc(NC(=O)/C=C/c2ccc(OC)c(O)c2)c2c1cnn2C. The smallest absolute Gasteiger partial charge is 0.248 e. The lowest BCUT2D eigenvalue weighted by molar-refractivity contribution is -0.111. The molecule has 27 heavy (non-hydrogen) atoms. The number of hydrogen-bond donors (Lipinski definition) is 2. The van der Waals surface area contributed by atoms with Crippen LogP contribution in [0.15, 0.2) is 42.6 Å². The van der Waals surface area contributed by atoms with E-state index in [1.807, 2.05) is 20.0 Å². The number of anilines is 1. The molecule has 7 nitrogen and oxygen atoms in total. The summed E-state index contributed by atoms with van der Waals surface area (Å²) in [7, 11) is 3.29. The van der Waals surface area contributed by atoms with Crippen LogP contribution in [-0.4, -0.2) is 34.5 Å². The topological polar surface area (TPSA) is 85.6 Å². The van der Waals surface area contributed by atoms with E-state index in [-0.39, 0.29) is 11.7 Å². The van der Waals surface area contributed by atoms with E-state index in [9.17, 15) is 9.90 Å². The molecule has 1 amide bonds. The molecule has 0 saturated carbocycles. The number of aromatic hydroxyl groups is 1. The first kappa shape index (κ1) is 18.3. The molecule has 2 N–H and O–H groups in total. The van der Waals surface area contributed by atoms with E-state index < -0.39 is 0 Å². The van der Waals surface area contributed by atoms with Crippen LogP contribution in [0.1, 0.15) is 12.5 Å². The molecule has 3 rings (SSSR count). The molecule has 3 aromatic rings. The van der Waals surface area contributed by atoms with Gasteiger partial charge < -0.3 is 19.9 Å². The predicted octanol–water partition coefficient (Wildman–Crippen LogP) is 3.34. The molecule has 7 heteroatoms. The van der Waals surface area contributed by atoms with E-state index in [4.69, 9.17) is 9.47 Å². The van der Waals surface area contributed by atoms with Crippen molar-refractivity contribution in [3.8, 4) is 17.2 Å². The van der Waals surface area contributed by atoms with Crippen LogP contribution in [-0.2, 0) is 11.8 Å². The number of amides is 1. The first-order valence-electron chi connectivity index (χ1n) is 8.47. The molecule has 2 aromatic carbocycles. The van der Waals surface area contributed by atoms with E-state index in [2.05, 4.69) is 10.4 Å². The normalized spacial score (nSPS) is 11.1. The molecule has 1 heterocycles. The lowest BCUT2D eigenvalue weighted by atomic mass is 10.2. The number of phenolic OH excluding ortho intramolecular Hbond substituents is 1. The van der Waals surface area contributed by atoms with E-state index in [1.54, 1.807) is 35.2 Å². The highest BCUT2D eigenvalue weighted by Gasteiger charge is 2.12. The monoisotopic (exact) mass is 367 g/mol. The average molecular weight is 367 g/mol. The number of ether oxygens (including phenoxy) is 2. The summed E-state index contributed by atoms with van der Waals surface area (Å²) in [5.41, 5.74) is 2.10. The lowest BCUT2D eigenvalue weighted by Crippen LogP contribution is -2.09. The minimum Gasteiger partial charge on any atom is -0.504 e. The number of carbonyl (C=O) groups is 1. The van der Waals surface area contributed by atoms with Gasteiger partial charge in [0.25, 0.3) is 0 Å². The van der Waals surface area contributed by atoms with Crippen LogP contribution in [0, 0.1) is 0 Å². The van der Waals surface area contributed by atoms with Gasteiger partial charge in [-0.2, -0.15) is 5.10 Å². The minimum absolute atomic E-state index is 0.0168. The summed E-state index contributed by atoms with van der Waals surface area (Å²) in [4.78, 5) is 12.3. The maximum Gasteiger partial charge on any atom is 0.248 e. The third-order valence-corrected chi connectivity index (χ3v) is 4.05. The first-order valence-corrected chi connectivity index (χ1v) is 8.47. The van der Waals surface area contributed by atoms with Crippen molar-refractivity contribution >= 4 is 28.6 Å². The number of aromatic nitrogens is 2. The number of rotatable bonds is 6. The molecule has 1 aromatic heterocycles. The van der Waals surface area contributed by atoms with Crippen LogP contribution in [0.4, 0.5) is 5.69 Å². The molecule has 0 bridgehead atoms. The summed E-state index contributed by atoms with van der Waals surface area (Å²) < 4.78 is 12.3. The van der Waals surface area contributed by atoms with Gasteiger partial charge in [-0.05, 0) is 42.8 Å². The number of methoxy groups -OCH3 is 1. The van der Waals surface area contributed by atoms with Crippen molar-refractivity contribution in [2.45, 2.75) is 6.92 Å². The van der Waals surface area contributed by atoms with Crippen molar-refractivity contribution < 1.29 is 19.4 Å². The summed E-state index contributed by atoms with van der Waals surface area (Å²) >= 11 is 0. The molecule has 0 aliphatic heterocycles. The minimum atomic E-state index is -0.294. The highest BCUT2D eigenvalue weighted by atomic mass is 16.5. The maximum atomic E-state index is 12.3. The van der Waals surface area contributed by atoms with Gasteiger partial charge in [0.2, 0.25) is 5.91 Å². The number of carbonyl (C=O) groups excluding carboxylic acids is 1. The fraction of sp³-hybridized carbons (Fsp3) is 0.200. The zero-order chi connectivity index (χ0) is 19.4. The molecule has 0 unspecified atom stereocenters. The highest BCUT2D eigenvalue weighted by Crippen LogP contribution is 2.31. The fourth-order valence-corrected chi connectivity index (χ4v) is 2.80. The summed E-state index contributed by atoms with van der Waals surface area (Å²) in [5.74, 6) is 0.826. The molecule has 140 valence electrons. The molecule has 0 saturated heterocycles. The van der Waals surface area contributed by atoms with Gasteiger partial charge in [0, 0.05) is 13.1 Å². The van der Waals surface area contributed by atoms with Crippen LogP contribution in [0.25, 0.3) is 17.0 Å². The lowest BCUT2D eigenvalue weighted by Gasteiger charge is -2.10. The third kappa shape index (κ3) is 3.87. The number of aryl methyl sites for hydroxylation is 1. The van der Waals surface area contributed by atoms with Crippen LogP contribution in [0.5, 0.6) is 17.2 Å². The Labute approximate surface area is 156 Å². The second-order valence-corrected chi connectivity index (χ2v) is 5.83. The van der Waals surface area contributed by atoms with E-state index >= 15 is 0 Å². The second-order valence-electron chi connectivity index (χ2n) is 5.83. The van der Waals surface area contributed by atoms with E-state index in [0.717, 1.165) is 16.7 Å². The largest absolute Gasteiger partial charge is 0.504 e. The number of phenols is 1. The molecule has 0 atom stereocenters. The third-order valence-electron chi connectivity index (χ3n) is 4.05. The van der Waals surface area contributed by atoms with Crippen molar-refractivity contribution in [2.75, 3.05) is 19.0 Å². The van der Waals surface area contributed by atoms with Crippen LogP contribution >= 0.6 is 0 Å². The summed E-state index contributed by atoms with van der Waals surface area (Å²) in [6, 6.07) is 8.52. The second kappa shape index (κ2) is 7.82. The molecule has 0 aliphatic rings. The standard InChI is InChI=1S/C20H21N3O4/c1-4-27-17-9-7-15(20-14(17)12-21-23(20)2)22-19(25)10-6-13-5-8-18(26-3)16(24)11-13/h5-12,24H,4H2,1-3H3,(H,22,25)/b10-6+. The van der Waals surface area contributed by atoms with E-state index in [1.165, 1.54) is 19.3 Å². The Morgan fingerprint density at radius 1 is 1.30 bits per heavy atom. The molecular weight excluding hydrogens is 346 g/mol. The highest BCUT2D eigenvalue weighted by molar-refractivity contribution is 6.07. The number of nitrogens with zero attached hydrogens (tertiary/aromatic N) is 2. The van der Waals surface area contributed by atoms with Crippen molar-refractivity contribution in [3.05, 3.63) is 48.2 Å². The Morgan fingerprint density at radius 3 is 2.78 bits per heavy atom. The van der Waals surface area contributed by atoms with Crippen molar-refractivity contribution in [2.24, 2.45) is 7.05 Å². The van der Waals surface area contributed by atoms with Crippen LogP contribution in [0.2, 0.25) is 0 Å². The van der Waals surface area contributed by atoms with Crippen molar-refractivity contribution in [3.63, 3.8) is 0 Å². The Hall–Kier alpha value is -3.48.